The number of halogens is 1. The number of amides is 1. The molecular formula is C12H16ClNO3. The summed E-state index contributed by atoms with van der Waals surface area (Å²) in [6.45, 7) is 2.33. The number of aliphatic hydroxyl groups excluding tert-OH is 1. The van der Waals surface area contributed by atoms with Crippen molar-refractivity contribution in [1.29, 1.82) is 0 Å². The standard InChI is InChI=1S/C12H16ClNO3/c1-8(7-15)6-14-12(16)9-3-4-10(13)11(5-9)17-2/h3-5,8,15H,6-7H2,1-2H3,(H,14,16). The van der Waals surface area contributed by atoms with Gasteiger partial charge in [0.15, 0.2) is 0 Å². The lowest BCUT2D eigenvalue weighted by Gasteiger charge is -2.10. The minimum atomic E-state index is -0.208. The van der Waals surface area contributed by atoms with Crippen LogP contribution < -0.4 is 10.1 Å². The van der Waals surface area contributed by atoms with Gasteiger partial charge >= 0.3 is 0 Å². The third-order valence-electron chi connectivity index (χ3n) is 2.34. The van der Waals surface area contributed by atoms with Crippen LogP contribution in [0.4, 0.5) is 0 Å². The van der Waals surface area contributed by atoms with Crippen LogP contribution in [-0.4, -0.2) is 31.3 Å². The van der Waals surface area contributed by atoms with Crippen LogP contribution in [0, 0.1) is 5.92 Å². The summed E-state index contributed by atoms with van der Waals surface area (Å²) in [4.78, 5) is 11.8. The van der Waals surface area contributed by atoms with E-state index in [0.29, 0.717) is 22.9 Å². The van der Waals surface area contributed by atoms with Gasteiger partial charge in [0.2, 0.25) is 0 Å². The zero-order valence-corrected chi connectivity index (χ0v) is 10.6. The highest BCUT2D eigenvalue weighted by molar-refractivity contribution is 6.32. The van der Waals surface area contributed by atoms with Crippen LogP contribution in [0.1, 0.15) is 17.3 Å². The predicted octanol–water partition coefficient (Wildman–Crippen LogP) is 1.71. The molecule has 1 unspecified atom stereocenters. The largest absolute Gasteiger partial charge is 0.495 e. The Labute approximate surface area is 106 Å². The molecule has 4 nitrogen and oxygen atoms in total. The normalized spacial score (nSPS) is 12.0. The molecular weight excluding hydrogens is 242 g/mol. The van der Waals surface area contributed by atoms with Gasteiger partial charge in [0.25, 0.3) is 5.91 Å². The fourth-order valence-electron chi connectivity index (χ4n) is 1.23. The van der Waals surface area contributed by atoms with Crippen LogP contribution >= 0.6 is 11.6 Å². The van der Waals surface area contributed by atoms with Gasteiger partial charge in [0.05, 0.1) is 12.1 Å². The van der Waals surface area contributed by atoms with Gasteiger partial charge in [0, 0.05) is 18.7 Å². The number of benzene rings is 1. The quantitative estimate of drug-likeness (QED) is 0.844. The lowest BCUT2D eigenvalue weighted by molar-refractivity contribution is 0.0942. The van der Waals surface area contributed by atoms with E-state index in [1.54, 1.807) is 18.2 Å². The Morgan fingerprint density at radius 1 is 1.59 bits per heavy atom. The van der Waals surface area contributed by atoms with E-state index < -0.39 is 0 Å². The van der Waals surface area contributed by atoms with Crippen molar-refractivity contribution in [2.24, 2.45) is 5.92 Å². The fourth-order valence-corrected chi connectivity index (χ4v) is 1.43. The van der Waals surface area contributed by atoms with Crippen LogP contribution in [0.5, 0.6) is 5.75 Å². The summed E-state index contributed by atoms with van der Waals surface area (Å²) in [5.41, 5.74) is 0.483. The molecule has 94 valence electrons. The summed E-state index contributed by atoms with van der Waals surface area (Å²) in [6.07, 6.45) is 0. The highest BCUT2D eigenvalue weighted by atomic mass is 35.5. The monoisotopic (exact) mass is 257 g/mol. The minimum absolute atomic E-state index is 0.0353. The van der Waals surface area contributed by atoms with Crippen molar-refractivity contribution in [2.75, 3.05) is 20.3 Å². The van der Waals surface area contributed by atoms with E-state index >= 15 is 0 Å². The molecule has 1 atom stereocenters. The van der Waals surface area contributed by atoms with Crippen LogP contribution in [0.2, 0.25) is 5.02 Å². The van der Waals surface area contributed by atoms with Crippen molar-refractivity contribution < 1.29 is 14.6 Å². The van der Waals surface area contributed by atoms with Crippen LogP contribution in [0.3, 0.4) is 0 Å². The predicted molar refractivity (Wildman–Crippen MR) is 66.6 cm³/mol. The van der Waals surface area contributed by atoms with Gasteiger partial charge < -0.3 is 15.2 Å². The Morgan fingerprint density at radius 2 is 2.29 bits per heavy atom. The summed E-state index contributed by atoms with van der Waals surface area (Å²) in [6, 6.07) is 4.83. The van der Waals surface area contributed by atoms with Crippen molar-refractivity contribution in [2.45, 2.75) is 6.92 Å². The first-order valence-corrected chi connectivity index (χ1v) is 5.69. The lowest BCUT2D eigenvalue weighted by atomic mass is 10.1. The molecule has 0 aliphatic heterocycles. The van der Waals surface area contributed by atoms with Gasteiger partial charge in [0.1, 0.15) is 5.75 Å². The molecule has 0 spiro atoms. The molecule has 1 amide bonds. The summed E-state index contributed by atoms with van der Waals surface area (Å²) in [5.74, 6) is 0.294. The Bertz CT molecular complexity index is 395. The van der Waals surface area contributed by atoms with E-state index in [1.165, 1.54) is 7.11 Å². The van der Waals surface area contributed by atoms with E-state index in [9.17, 15) is 4.79 Å². The second-order valence-corrected chi connectivity index (χ2v) is 4.25. The fraction of sp³-hybridized carbons (Fsp3) is 0.417. The summed E-state index contributed by atoms with van der Waals surface area (Å²) < 4.78 is 5.03. The number of methoxy groups -OCH3 is 1. The molecule has 0 saturated heterocycles. The number of carbonyl (C=O) groups is 1. The first-order chi connectivity index (χ1) is 8.08. The molecule has 1 aromatic rings. The Balaban J connectivity index is 2.69. The molecule has 0 fully saturated rings. The van der Waals surface area contributed by atoms with Crippen molar-refractivity contribution in [3.63, 3.8) is 0 Å². The van der Waals surface area contributed by atoms with Crippen molar-refractivity contribution in [1.82, 2.24) is 5.32 Å². The van der Waals surface area contributed by atoms with Gasteiger partial charge in [-0.3, -0.25) is 4.79 Å². The highest BCUT2D eigenvalue weighted by Gasteiger charge is 2.10. The third-order valence-corrected chi connectivity index (χ3v) is 2.65. The summed E-state index contributed by atoms with van der Waals surface area (Å²) in [5, 5.41) is 12.0. The zero-order chi connectivity index (χ0) is 12.8. The maximum Gasteiger partial charge on any atom is 0.251 e. The lowest BCUT2D eigenvalue weighted by Crippen LogP contribution is -2.29. The number of hydrogen-bond acceptors (Lipinski definition) is 3. The molecule has 0 bridgehead atoms. The molecule has 17 heavy (non-hydrogen) atoms. The SMILES string of the molecule is COc1cc(C(=O)NCC(C)CO)ccc1Cl. The highest BCUT2D eigenvalue weighted by Crippen LogP contribution is 2.24. The first-order valence-electron chi connectivity index (χ1n) is 5.31. The topological polar surface area (TPSA) is 58.6 Å². The molecule has 0 aromatic heterocycles. The average Bonchev–Trinajstić information content (AvgIpc) is 2.35. The van der Waals surface area contributed by atoms with Gasteiger partial charge in [-0.15, -0.1) is 0 Å². The summed E-state index contributed by atoms with van der Waals surface area (Å²) in [7, 11) is 1.50. The van der Waals surface area contributed by atoms with E-state index in [-0.39, 0.29) is 18.4 Å². The molecule has 2 N–H and O–H groups in total. The molecule has 0 radical (unpaired) electrons. The van der Waals surface area contributed by atoms with E-state index in [0.717, 1.165) is 0 Å². The second-order valence-electron chi connectivity index (χ2n) is 3.85. The second kappa shape index (κ2) is 6.47. The Kier molecular flexibility index (Phi) is 5.25. The van der Waals surface area contributed by atoms with Crippen LogP contribution in [0.25, 0.3) is 0 Å². The van der Waals surface area contributed by atoms with Crippen molar-refractivity contribution in [3.8, 4) is 5.75 Å². The van der Waals surface area contributed by atoms with E-state index in [2.05, 4.69) is 5.32 Å². The Morgan fingerprint density at radius 3 is 2.88 bits per heavy atom. The smallest absolute Gasteiger partial charge is 0.251 e. The maximum absolute atomic E-state index is 11.8. The van der Waals surface area contributed by atoms with Gasteiger partial charge in [-0.25, -0.2) is 0 Å². The van der Waals surface area contributed by atoms with Gasteiger partial charge in [-0.05, 0) is 24.1 Å². The van der Waals surface area contributed by atoms with Crippen LogP contribution in [0.15, 0.2) is 18.2 Å². The van der Waals surface area contributed by atoms with E-state index in [4.69, 9.17) is 21.4 Å². The summed E-state index contributed by atoms with van der Waals surface area (Å²) >= 11 is 5.86. The number of rotatable bonds is 5. The molecule has 0 aliphatic carbocycles. The van der Waals surface area contributed by atoms with Gasteiger partial charge in [-0.1, -0.05) is 18.5 Å². The maximum atomic E-state index is 11.8. The molecule has 1 aromatic carbocycles. The zero-order valence-electron chi connectivity index (χ0n) is 9.87. The number of nitrogens with one attached hydrogen (secondary N) is 1. The number of ether oxygens (including phenoxy) is 1. The minimum Gasteiger partial charge on any atom is -0.495 e. The van der Waals surface area contributed by atoms with Crippen molar-refractivity contribution in [3.05, 3.63) is 28.8 Å². The third kappa shape index (κ3) is 3.91. The molecule has 0 saturated carbocycles. The number of carbonyl (C=O) groups excluding carboxylic acids is 1. The van der Waals surface area contributed by atoms with Crippen LogP contribution in [-0.2, 0) is 0 Å². The molecule has 5 heteroatoms. The molecule has 1 rings (SSSR count). The first kappa shape index (κ1) is 13.8. The van der Waals surface area contributed by atoms with Crippen molar-refractivity contribution >= 4 is 17.5 Å². The van der Waals surface area contributed by atoms with Gasteiger partial charge in [-0.2, -0.15) is 0 Å². The number of hydrogen-bond donors (Lipinski definition) is 2. The molecule has 0 heterocycles. The van der Waals surface area contributed by atoms with E-state index in [1.807, 2.05) is 6.92 Å². The number of aliphatic hydroxyl groups is 1. The average molecular weight is 258 g/mol. The Hall–Kier alpha value is -1.26. The molecule has 0 aliphatic rings.